The average Bonchev–Trinajstić information content (AvgIpc) is 3.08. The van der Waals surface area contributed by atoms with Crippen LogP contribution >= 0.6 is 0 Å². The number of anilines is 1. The van der Waals surface area contributed by atoms with Crippen molar-refractivity contribution in [2.75, 3.05) is 11.9 Å². The lowest BCUT2D eigenvalue weighted by molar-refractivity contribution is -0.119. The van der Waals surface area contributed by atoms with Gasteiger partial charge in [-0.2, -0.15) is 4.31 Å². The first kappa shape index (κ1) is 18.5. The van der Waals surface area contributed by atoms with Crippen molar-refractivity contribution in [3.63, 3.8) is 0 Å². The van der Waals surface area contributed by atoms with Gasteiger partial charge in [0.2, 0.25) is 15.9 Å². The Morgan fingerprint density at radius 3 is 2.50 bits per heavy atom. The lowest BCUT2D eigenvalue weighted by Gasteiger charge is -2.23. The van der Waals surface area contributed by atoms with Crippen LogP contribution in [-0.4, -0.2) is 31.2 Å². The summed E-state index contributed by atoms with van der Waals surface area (Å²) in [4.78, 5) is 12.6. The lowest BCUT2D eigenvalue weighted by Crippen LogP contribution is -2.43. The lowest BCUT2D eigenvalue weighted by atomic mass is 10.2. The van der Waals surface area contributed by atoms with Crippen LogP contribution in [0.25, 0.3) is 0 Å². The number of rotatable bonds is 4. The van der Waals surface area contributed by atoms with Crippen molar-refractivity contribution in [1.82, 2.24) is 4.31 Å². The van der Waals surface area contributed by atoms with Crippen molar-refractivity contribution in [3.8, 4) is 0 Å². The Morgan fingerprint density at radius 1 is 1.15 bits per heavy atom. The fraction of sp³-hybridized carbons (Fsp3) is 0.278. The van der Waals surface area contributed by atoms with Crippen molar-refractivity contribution in [3.05, 3.63) is 59.7 Å². The maximum absolute atomic E-state index is 13.7. The highest BCUT2D eigenvalue weighted by molar-refractivity contribution is 7.89. The van der Waals surface area contributed by atoms with Crippen molar-refractivity contribution >= 4 is 21.6 Å². The number of benzene rings is 2. The number of amides is 1. The summed E-state index contributed by atoms with van der Waals surface area (Å²) in [6.45, 7) is 2.06. The molecule has 26 heavy (non-hydrogen) atoms. The van der Waals surface area contributed by atoms with Crippen LogP contribution in [0.5, 0.6) is 0 Å². The number of hydrogen-bond acceptors (Lipinski definition) is 3. The summed E-state index contributed by atoms with van der Waals surface area (Å²) in [6.07, 6.45) is 0.856. The molecule has 1 fully saturated rings. The molecule has 1 heterocycles. The molecule has 1 aliphatic heterocycles. The second-order valence-electron chi connectivity index (χ2n) is 6.20. The van der Waals surface area contributed by atoms with Crippen molar-refractivity contribution in [2.24, 2.45) is 0 Å². The van der Waals surface area contributed by atoms with Gasteiger partial charge in [0.15, 0.2) is 0 Å². The highest BCUT2D eigenvalue weighted by Crippen LogP contribution is 2.27. The van der Waals surface area contributed by atoms with Crippen molar-refractivity contribution in [1.29, 1.82) is 0 Å². The Balaban J connectivity index is 1.83. The van der Waals surface area contributed by atoms with Gasteiger partial charge in [0.1, 0.15) is 17.7 Å². The smallest absolute Gasteiger partial charge is 0.243 e. The molecule has 138 valence electrons. The third-order valence-corrected chi connectivity index (χ3v) is 6.25. The van der Waals surface area contributed by atoms with Crippen LogP contribution in [0.4, 0.5) is 14.5 Å². The van der Waals surface area contributed by atoms with Gasteiger partial charge in [0, 0.05) is 12.6 Å². The molecule has 8 heteroatoms. The van der Waals surface area contributed by atoms with E-state index >= 15 is 0 Å². The van der Waals surface area contributed by atoms with Crippen LogP contribution in [0.15, 0.2) is 47.4 Å². The van der Waals surface area contributed by atoms with Crippen LogP contribution in [0.1, 0.15) is 18.4 Å². The minimum absolute atomic E-state index is 0.107. The van der Waals surface area contributed by atoms with E-state index in [2.05, 4.69) is 5.32 Å². The van der Waals surface area contributed by atoms with Gasteiger partial charge in [-0.1, -0.05) is 17.7 Å². The highest BCUT2D eigenvalue weighted by atomic mass is 32.2. The minimum Gasteiger partial charge on any atom is -0.322 e. The Labute approximate surface area is 150 Å². The van der Waals surface area contributed by atoms with E-state index in [9.17, 15) is 22.0 Å². The minimum atomic E-state index is -3.84. The Bertz CT molecular complexity index is 930. The van der Waals surface area contributed by atoms with Gasteiger partial charge in [-0.25, -0.2) is 17.2 Å². The average molecular weight is 380 g/mol. The van der Waals surface area contributed by atoms with E-state index in [4.69, 9.17) is 0 Å². The predicted molar refractivity (Wildman–Crippen MR) is 93.1 cm³/mol. The van der Waals surface area contributed by atoms with E-state index in [1.54, 1.807) is 12.1 Å². The van der Waals surface area contributed by atoms with Crippen molar-refractivity contribution < 1.29 is 22.0 Å². The Kier molecular flexibility index (Phi) is 5.06. The molecule has 1 N–H and O–H groups in total. The van der Waals surface area contributed by atoms with Gasteiger partial charge in [-0.3, -0.25) is 4.79 Å². The third-order valence-electron chi connectivity index (χ3n) is 4.32. The molecule has 0 aromatic heterocycles. The van der Waals surface area contributed by atoms with E-state index in [1.807, 2.05) is 6.92 Å². The summed E-state index contributed by atoms with van der Waals surface area (Å²) in [5.41, 5.74) is 0.738. The summed E-state index contributed by atoms with van der Waals surface area (Å²) in [5.74, 6) is -2.31. The fourth-order valence-electron chi connectivity index (χ4n) is 2.94. The Morgan fingerprint density at radius 2 is 1.85 bits per heavy atom. The molecule has 1 amide bonds. The number of halogens is 2. The SMILES string of the molecule is Cc1ccc(S(=O)(=O)N2CCCC2C(=O)Nc2ccc(F)cc2F)cc1. The molecule has 1 atom stereocenters. The number of nitrogens with zero attached hydrogens (tertiary/aromatic N) is 1. The van der Waals surface area contributed by atoms with Crippen LogP contribution in [0.3, 0.4) is 0 Å². The van der Waals surface area contributed by atoms with Crippen LogP contribution in [-0.2, 0) is 14.8 Å². The topological polar surface area (TPSA) is 66.5 Å². The molecule has 5 nitrogen and oxygen atoms in total. The molecule has 0 saturated carbocycles. The zero-order valence-corrected chi connectivity index (χ0v) is 14.9. The van der Waals surface area contributed by atoms with Gasteiger partial charge in [0.05, 0.1) is 10.6 Å². The number of hydrogen-bond donors (Lipinski definition) is 1. The van der Waals surface area contributed by atoms with Crippen molar-refractivity contribution in [2.45, 2.75) is 30.7 Å². The first-order chi connectivity index (χ1) is 12.3. The maximum Gasteiger partial charge on any atom is 0.243 e. The number of sulfonamides is 1. The summed E-state index contributed by atoms with van der Waals surface area (Å²) in [5, 5.41) is 2.36. The molecule has 1 aliphatic rings. The summed E-state index contributed by atoms with van der Waals surface area (Å²) < 4.78 is 53.6. The number of nitrogens with one attached hydrogen (secondary N) is 1. The van der Waals surface area contributed by atoms with E-state index in [-0.39, 0.29) is 17.1 Å². The number of carbonyl (C=O) groups excluding carboxylic acids is 1. The normalized spacial score (nSPS) is 18.0. The zero-order chi connectivity index (χ0) is 18.9. The summed E-state index contributed by atoms with van der Waals surface area (Å²) >= 11 is 0. The quantitative estimate of drug-likeness (QED) is 0.887. The van der Waals surface area contributed by atoms with E-state index < -0.39 is 33.6 Å². The fourth-order valence-corrected chi connectivity index (χ4v) is 4.60. The van der Waals surface area contributed by atoms with Crippen LogP contribution < -0.4 is 5.32 Å². The molecule has 0 aliphatic carbocycles. The predicted octanol–water partition coefficient (Wildman–Crippen LogP) is 3.07. The zero-order valence-electron chi connectivity index (χ0n) is 14.1. The summed E-state index contributed by atoms with van der Waals surface area (Å²) in [7, 11) is -3.84. The monoisotopic (exact) mass is 380 g/mol. The third kappa shape index (κ3) is 3.61. The first-order valence-electron chi connectivity index (χ1n) is 8.13. The molecular weight excluding hydrogens is 362 g/mol. The van der Waals surface area contributed by atoms with Gasteiger partial charge >= 0.3 is 0 Å². The molecular formula is C18H18F2N2O3S. The molecule has 1 unspecified atom stereocenters. The molecule has 0 bridgehead atoms. The molecule has 1 saturated heterocycles. The Hall–Kier alpha value is -2.32. The first-order valence-corrected chi connectivity index (χ1v) is 9.57. The largest absolute Gasteiger partial charge is 0.322 e. The molecule has 2 aromatic rings. The van der Waals surface area contributed by atoms with Gasteiger partial charge in [-0.05, 0) is 44.0 Å². The van der Waals surface area contributed by atoms with Crippen LogP contribution in [0, 0.1) is 18.6 Å². The second-order valence-corrected chi connectivity index (χ2v) is 8.09. The van der Waals surface area contributed by atoms with Gasteiger partial charge in [-0.15, -0.1) is 0 Å². The highest BCUT2D eigenvalue weighted by Gasteiger charge is 2.39. The number of carbonyl (C=O) groups is 1. The van der Waals surface area contributed by atoms with Gasteiger partial charge < -0.3 is 5.32 Å². The van der Waals surface area contributed by atoms with Gasteiger partial charge in [0.25, 0.3) is 0 Å². The van der Waals surface area contributed by atoms with E-state index in [0.717, 1.165) is 22.0 Å². The van der Waals surface area contributed by atoms with E-state index in [0.29, 0.717) is 18.9 Å². The van der Waals surface area contributed by atoms with Crippen LogP contribution in [0.2, 0.25) is 0 Å². The summed E-state index contributed by atoms with van der Waals surface area (Å²) in [6, 6.07) is 8.22. The second kappa shape index (κ2) is 7.13. The maximum atomic E-state index is 13.7. The van der Waals surface area contributed by atoms with E-state index in [1.165, 1.54) is 12.1 Å². The molecule has 3 rings (SSSR count). The molecule has 0 spiro atoms. The molecule has 2 aromatic carbocycles. The standard InChI is InChI=1S/C18H18F2N2O3S/c1-12-4-7-14(8-5-12)26(24,25)22-10-2-3-17(22)18(23)21-16-9-6-13(19)11-15(16)20/h4-9,11,17H,2-3,10H2,1H3,(H,21,23). The molecule has 0 radical (unpaired) electrons. The number of aryl methyl sites for hydroxylation is 1.